The van der Waals surface area contributed by atoms with E-state index in [-0.39, 0.29) is 11.3 Å². The van der Waals surface area contributed by atoms with E-state index >= 15 is 4.39 Å². The molecule has 0 spiro atoms. The van der Waals surface area contributed by atoms with E-state index in [1.807, 2.05) is 24.3 Å². The standard InChI is InChI=1S/C30H19FN8O/c31-25-21(19-13-20(16-33-15-19)35-30(40)17-5-2-1-3-6-17)8-9-22-24(25)28(39-38-22)29-36-23-10-12-34-26(27(23)37-29)18-7-4-11-32-14-18/h1-16H,(H,35,40)(H,36,37)(H,38,39). The van der Waals surface area contributed by atoms with E-state index in [2.05, 4.69) is 35.5 Å². The van der Waals surface area contributed by atoms with Crippen molar-refractivity contribution in [3.63, 3.8) is 0 Å². The van der Waals surface area contributed by atoms with Crippen LogP contribution in [-0.4, -0.2) is 41.0 Å². The van der Waals surface area contributed by atoms with E-state index in [0.717, 1.165) is 11.1 Å². The van der Waals surface area contributed by atoms with Gasteiger partial charge >= 0.3 is 0 Å². The van der Waals surface area contributed by atoms with Gasteiger partial charge in [-0.25, -0.2) is 9.37 Å². The lowest BCUT2D eigenvalue weighted by molar-refractivity contribution is 0.102. The highest BCUT2D eigenvalue weighted by atomic mass is 19.1. The van der Waals surface area contributed by atoms with Gasteiger partial charge in [-0.05, 0) is 48.5 Å². The monoisotopic (exact) mass is 526 g/mol. The van der Waals surface area contributed by atoms with E-state index in [4.69, 9.17) is 4.98 Å². The van der Waals surface area contributed by atoms with E-state index < -0.39 is 5.82 Å². The van der Waals surface area contributed by atoms with Crippen LogP contribution < -0.4 is 5.32 Å². The van der Waals surface area contributed by atoms with Gasteiger partial charge in [0.2, 0.25) is 0 Å². The number of fused-ring (bicyclic) bond motifs is 2. The number of nitrogens with zero attached hydrogens (tertiary/aromatic N) is 5. The minimum absolute atomic E-state index is 0.280. The highest BCUT2D eigenvalue weighted by molar-refractivity contribution is 6.04. The average molecular weight is 527 g/mol. The molecule has 10 heteroatoms. The van der Waals surface area contributed by atoms with Gasteiger partial charge in [0, 0.05) is 47.0 Å². The fraction of sp³-hybridized carbons (Fsp3) is 0. The first kappa shape index (κ1) is 23.4. The third kappa shape index (κ3) is 4.04. The Morgan fingerprint density at radius 2 is 1.70 bits per heavy atom. The topological polar surface area (TPSA) is 125 Å². The third-order valence-corrected chi connectivity index (χ3v) is 6.57. The molecule has 9 nitrogen and oxygen atoms in total. The number of pyridine rings is 3. The zero-order chi connectivity index (χ0) is 27.1. The van der Waals surface area contributed by atoms with Crippen molar-refractivity contribution < 1.29 is 9.18 Å². The van der Waals surface area contributed by atoms with E-state index in [1.54, 1.807) is 67.3 Å². The summed E-state index contributed by atoms with van der Waals surface area (Å²) in [5.74, 6) is -0.365. The van der Waals surface area contributed by atoms with Crippen molar-refractivity contribution in [2.24, 2.45) is 0 Å². The van der Waals surface area contributed by atoms with Crippen LogP contribution in [0.1, 0.15) is 10.4 Å². The number of halogens is 1. The van der Waals surface area contributed by atoms with E-state index in [0.29, 0.717) is 50.6 Å². The molecule has 1 amide bonds. The molecule has 5 aromatic heterocycles. The Balaban J connectivity index is 1.29. The first-order valence-corrected chi connectivity index (χ1v) is 12.4. The molecule has 0 saturated heterocycles. The summed E-state index contributed by atoms with van der Waals surface area (Å²) < 4.78 is 16.2. The molecule has 0 unspecified atom stereocenters. The molecule has 7 aromatic rings. The molecule has 0 bridgehead atoms. The summed E-state index contributed by atoms with van der Waals surface area (Å²) in [5, 5.41) is 10.4. The second-order valence-electron chi connectivity index (χ2n) is 9.09. The minimum Gasteiger partial charge on any atom is -0.336 e. The number of hydrogen-bond acceptors (Lipinski definition) is 6. The average Bonchev–Trinajstić information content (AvgIpc) is 3.63. The fourth-order valence-electron chi connectivity index (χ4n) is 4.68. The minimum atomic E-state index is -0.486. The quantitative estimate of drug-likeness (QED) is 0.252. The molecule has 5 heterocycles. The van der Waals surface area contributed by atoms with Gasteiger partial charge in [0.1, 0.15) is 17.0 Å². The molecule has 192 valence electrons. The molecule has 0 aliphatic heterocycles. The number of imidazole rings is 1. The number of rotatable bonds is 5. The second kappa shape index (κ2) is 9.52. The second-order valence-corrected chi connectivity index (χ2v) is 9.09. The normalized spacial score (nSPS) is 11.2. The highest BCUT2D eigenvalue weighted by Gasteiger charge is 2.21. The number of nitrogens with one attached hydrogen (secondary N) is 3. The lowest BCUT2D eigenvalue weighted by Gasteiger charge is -2.09. The molecular formula is C30H19FN8O. The van der Waals surface area contributed by atoms with Crippen LogP contribution in [0.3, 0.4) is 0 Å². The first-order chi connectivity index (χ1) is 19.7. The third-order valence-electron chi connectivity index (χ3n) is 6.57. The molecule has 7 rings (SSSR count). The summed E-state index contributed by atoms with van der Waals surface area (Å²) >= 11 is 0. The van der Waals surface area contributed by atoms with Gasteiger partial charge in [0.25, 0.3) is 5.91 Å². The number of carbonyl (C=O) groups is 1. The van der Waals surface area contributed by atoms with Crippen LogP contribution in [0.15, 0.2) is 97.7 Å². The molecule has 2 aromatic carbocycles. The molecule has 0 fully saturated rings. The lowest BCUT2D eigenvalue weighted by atomic mass is 10.0. The van der Waals surface area contributed by atoms with Crippen LogP contribution in [0.4, 0.5) is 10.1 Å². The molecule has 0 atom stereocenters. The fourth-order valence-corrected chi connectivity index (χ4v) is 4.68. The Morgan fingerprint density at radius 3 is 2.55 bits per heavy atom. The number of amides is 1. The molecule has 3 N–H and O–H groups in total. The summed E-state index contributed by atoms with van der Waals surface area (Å²) in [6.45, 7) is 0. The highest BCUT2D eigenvalue weighted by Crippen LogP contribution is 2.35. The number of anilines is 1. The van der Waals surface area contributed by atoms with Crippen LogP contribution in [0.2, 0.25) is 0 Å². The van der Waals surface area contributed by atoms with Crippen molar-refractivity contribution in [3.8, 4) is 33.9 Å². The number of hydrogen-bond donors (Lipinski definition) is 3. The molecule has 0 saturated carbocycles. The predicted octanol–water partition coefficient (Wildman–Crippen LogP) is 6.02. The summed E-state index contributed by atoms with van der Waals surface area (Å²) in [7, 11) is 0. The Kier molecular flexibility index (Phi) is 5.56. The van der Waals surface area contributed by atoms with Crippen LogP contribution in [0.25, 0.3) is 55.8 Å². The maximum atomic E-state index is 16.2. The first-order valence-electron chi connectivity index (χ1n) is 12.4. The van der Waals surface area contributed by atoms with Crippen LogP contribution >= 0.6 is 0 Å². The smallest absolute Gasteiger partial charge is 0.255 e. The number of carbonyl (C=O) groups excluding carboxylic acids is 1. The van der Waals surface area contributed by atoms with Crippen LogP contribution in [0, 0.1) is 5.82 Å². The maximum absolute atomic E-state index is 16.2. The summed E-state index contributed by atoms with van der Waals surface area (Å²) in [6.07, 6.45) is 8.17. The van der Waals surface area contributed by atoms with Crippen molar-refractivity contribution in [2.75, 3.05) is 5.32 Å². The Labute approximate surface area is 226 Å². The van der Waals surface area contributed by atoms with E-state index in [9.17, 15) is 4.79 Å². The van der Waals surface area contributed by atoms with Gasteiger partial charge in [-0.15, -0.1) is 0 Å². The molecule has 0 radical (unpaired) electrons. The number of H-pyrrole nitrogens is 2. The van der Waals surface area contributed by atoms with Gasteiger partial charge in [-0.1, -0.05) is 18.2 Å². The predicted molar refractivity (Wildman–Crippen MR) is 150 cm³/mol. The Morgan fingerprint density at radius 1 is 0.825 bits per heavy atom. The van der Waals surface area contributed by atoms with Crippen molar-refractivity contribution in [1.82, 2.24) is 35.1 Å². The summed E-state index contributed by atoms with van der Waals surface area (Å²) in [6, 6.07) is 19.5. The van der Waals surface area contributed by atoms with Crippen LogP contribution in [-0.2, 0) is 0 Å². The zero-order valence-electron chi connectivity index (χ0n) is 20.8. The van der Waals surface area contributed by atoms with E-state index in [1.165, 1.54) is 6.20 Å². The largest absolute Gasteiger partial charge is 0.336 e. The van der Waals surface area contributed by atoms with Crippen molar-refractivity contribution >= 4 is 33.5 Å². The van der Waals surface area contributed by atoms with Gasteiger partial charge in [-0.3, -0.25) is 24.8 Å². The molecular weight excluding hydrogens is 507 g/mol. The number of aromatic amines is 2. The van der Waals surface area contributed by atoms with Crippen LogP contribution in [0.5, 0.6) is 0 Å². The SMILES string of the molecule is O=C(Nc1cncc(-c2ccc3[nH]nc(-c4nc5c(-c6cccnc6)nccc5[nH]4)c3c2F)c1)c1ccccc1. The van der Waals surface area contributed by atoms with Gasteiger partial charge in [-0.2, -0.15) is 5.10 Å². The van der Waals surface area contributed by atoms with Crippen molar-refractivity contribution in [3.05, 3.63) is 109 Å². The Bertz CT molecular complexity index is 2020. The number of aromatic nitrogens is 7. The lowest BCUT2D eigenvalue weighted by Crippen LogP contribution is -2.11. The number of benzene rings is 2. The van der Waals surface area contributed by atoms with Gasteiger partial charge in [0.15, 0.2) is 5.82 Å². The van der Waals surface area contributed by atoms with Crippen molar-refractivity contribution in [1.29, 1.82) is 0 Å². The summed E-state index contributed by atoms with van der Waals surface area (Å²) in [4.78, 5) is 33.5. The molecule has 0 aliphatic carbocycles. The van der Waals surface area contributed by atoms with Crippen molar-refractivity contribution in [2.45, 2.75) is 0 Å². The molecule has 40 heavy (non-hydrogen) atoms. The maximum Gasteiger partial charge on any atom is 0.255 e. The zero-order valence-corrected chi connectivity index (χ0v) is 20.8. The van der Waals surface area contributed by atoms with Gasteiger partial charge < -0.3 is 10.3 Å². The summed E-state index contributed by atoms with van der Waals surface area (Å²) in [5.41, 5.74) is 5.48. The van der Waals surface area contributed by atoms with Gasteiger partial charge in [0.05, 0.1) is 34.0 Å². The molecule has 0 aliphatic rings. The Hall–Kier alpha value is -5.77.